The Morgan fingerprint density at radius 1 is 1.19 bits per heavy atom. The molecule has 0 aliphatic carbocycles. The van der Waals surface area contributed by atoms with Gasteiger partial charge in [-0.15, -0.1) is 0 Å². The number of methoxy groups -OCH3 is 1. The minimum Gasteiger partial charge on any atom is -0.481 e. The molecule has 21 heavy (non-hydrogen) atoms. The lowest BCUT2D eigenvalue weighted by Crippen LogP contribution is -2.03. The van der Waals surface area contributed by atoms with E-state index in [0.29, 0.717) is 23.9 Å². The maximum absolute atomic E-state index is 5.77. The summed E-state index contributed by atoms with van der Waals surface area (Å²) in [5.41, 5.74) is 8.22. The van der Waals surface area contributed by atoms with Gasteiger partial charge in [-0.25, -0.2) is 14.6 Å². The molecule has 6 heteroatoms. The molecule has 0 aliphatic heterocycles. The van der Waals surface area contributed by atoms with Crippen LogP contribution in [-0.2, 0) is 6.54 Å². The van der Waals surface area contributed by atoms with Gasteiger partial charge in [0.25, 0.3) is 0 Å². The molecule has 0 atom stereocenters. The third kappa shape index (κ3) is 3.00. The lowest BCUT2D eigenvalue weighted by atomic mass is 10.2. The molecule has 2 N–H and O–H groups in total. The van der Waals surface area contributed by atoms with Crippen molar-refractivity contribution in [1.82, 2.24) is 19.7 Å². The summed E-state index contributed by atoms with van der Waals surface area (Å²) in [4.78, 5) is 8.66. The van der Waals surface area contributed by atoms with Gasteiger partial charge in [0.15, 0.2) is 5.82 Å². The first-order valence-corrected chi connectivity index (χ1v) is 6.50. The number of hydrogen-bond acceptors (Lipinski definition) is 5. The van der Waals surface area contributed by atoms with E-state index in [1.54, 1.807) is 18.1 Å². The molecule has 0 radical (unpaired) electrons. The van der Waals surface area contributed by atoms with Gasteiger partial charge in [-0.2, -0.15) is 5.10 Å². The van der Waals surface area contributed by atoms with Crippen molar-refractivity contribution in [2.45, 2.75) is 6.54 Å². The Balaban J connectivity index is 1.81. The predicted molar refractivity (Wildman–Crippen MR) is 79.8 cm³/mol. The first-order valence-electron chi connectivity index (χ1n) is 6.50. The van der Waals surface area contributed by atoms with Gasteiger partial charge in [0.1, 0.15) is 6.33 Å². The zero-order chi connectivity index (χ0) is 14.7. The van der Waals surface area contributed by atoms with Gasteiger partial charge >= 0.3 is 0 Å². The number of aromatic nitrogens is 4. The maximum Gasteiger partial charge on any atom is 0.213 e. The summed E-state index contributed by atoms with van der Waals surface area (Å²) in [6.07, 6.45) is 1.68. The van der Waals surface area contributed by atoms with E-state index in [1.807, 2.05) is 42.5 Å². The molecule has 0 saturated heterocycles. The van der Waals surface area contributed by atoms with Crippen LogP contribution in [0.1, 0.15) is 5.69 Å². The Morgan fingerprint density at radius 3 is 2.86 bits per heavy atom. The fourth-order valence-corrected chi connectivity index (χ4v) is 2.01. The maximum atomic E-state index is 5.77. The Hall–Kier alpha value is -2.89. The van der Waals surface area contributed by atoms with E-state index >= 15 is 0 Å². The normalized spacial score (nSPS) is 10.5. The third-order valence-corrected chi connectivity index (χ3v) is 3.00. The van der Waals surface area contributed by atoms with Crippen molar-refractivity contribution in [1.29, 1.82) is 0 Å². The van der Waals surface area contributed by atoms with E-state index in [2.05, 4.69) is 15.1 Å². The average Bonchev–Trinajstić information content (AvgIpc) is 2.96. The van der Waals surface area contributed by atoms with Gasteiger partial charge in [-0.1, -0.05) is 18.2 Å². The van der Waals surface area contributed by atoms with E-state index in [1.165, 1.54) is 0 Å². The molecule has 1 aromatic carbocycles. The van der Waals surface area contributed by atoms with E-state index in [4.69, 9.17) is 10.5 Å². The molecule has 6 nitrogen and oxygen atoms in total. The molecule has 0 aliphatic rings. The average molecular weight is 281 g/mol. The standard InChI is InChI=1S/C15H15N5O/c1-21-14-7-3-6-13(18-14)9-20-10-17-15(19-20)11-4-2-5-12(16)8-11/h2-8,10H,9,16H2,1H3. The highest BCUT2D eigenvalue weighted by Crippen LogP contribution is 2.17. The van der Waals surface area contributed by atoms with Crippen LogP contribution in [0.15, 0.2) is 48.8 Å². The van der Waals surface area contributed by atoms with Crippen LogP contribution in [0.5, 0.6) is 5.88 Å². The number of nitrogen functional groups attached to an aromatic ring is 1. The molecule has 0 bridgehead atoms. The monoisotopic (exact) mass is 281 g/mol. The quantitative estimate of drug-likeness (QED) is 0.740. The van der Waals surface area contributed by atoms with E-state index in [-0.39, 0.29) is 0 Å². The van der Waals surface area contributed by atoms with Gasteiger partial charge in [0, 0.05) is 17.3 Å². The highest BCUT2D eigenvalue weighted by Gasteiger charge is 2.06. The van der Waals surface area contributed by atoms with Crippen LogP contribution in [0.2, 0.25) is 0 Å². The van der Waals surface area contributed by atoms with Gasteiger partial charge in [0.2, 0.25) is 5.88 Å². The van der Waals surface area contributed by atoms with Gasteiger partial charge < -0.3 is 10.5 Å². The SMILES string of the molecule is COc1cccc(Cn2cnc(-c3cccc(N)c3)n2)n1. The van der Waals surface area contributed by atoms with Crippen molar-refractivity contribution >= 4 is 5.69 Å². The molecular weight excluding hydrogens is 266 g/mol. The Morgan fingerprint density at radius 2 is 2.05 bits per heavy atom. The van der Waals surface area contributed by atoms with Gasteiger partial charge in [-0.05, 0) is 18.2 Å². The minimum absolute atomic E-state index is 0.534. The number of nitrogens with two attached hydrogens (primary N) is 1. The van der Waals surface area contributed by atoms with E-state index in [9.17, 15) is 0 Å². The Labute approximate surface area is 122 Å². The van der Waals surface area contributed by atoms with Crippen molar-refractivity contribution in [2.75, 3.05) is 12.8 Å². The second kappa shape index (κ2) is 5.62. The molecule has 106 valence electrons. The van der Waals surface area contributed by atoms with E-state index < -0.39 is 0 Å². The lowest BCUT2D eigenvalue weighted by molar-refractivity contribution is 0.395. The van der Waals surface area contributed by atoms with E-state index in [0.717, 1.165) is 11.3 Å². The van der Waals surface area contributed by atoms with Crippen molar-refractivity contribution in [3.05, 3.63) is 54.5 Å². The zero-order valence-electron chi connectivity index (χ0n) is 11.6. The number of hydrogen-bond donors (Lipinski definition) is 1. The third-order valence-electron chi connectivity index (χ3n) is 3.00. The fraction of sp³-hybridized carbons (Fsp3) is 0.133. The second-order valence-corrected chi connectivity index (χ2v) is 4.56. The first kappa shape index (κ1) is 13.1. The topological polar surface area (TPSA) is 78.9 Å². The molecule has 3 rings (SSSR count). The first-order chi connectivity index (χ1) is 10.2. The van der Waals surface area contributed by atoms with Crippen molar-refractivity contribution in [3.8, 4) is 17.3 Å². The second-order valence-electron chi connectivity index (χ2n) is 4.56. The van der Waals surface area contributed by atoms with Crippen LogP contribution in [0.4, 0.5) is 5.69 Å². The molecule has 0 unspecified atom stereocenters. The molecule has 3 aromatic rings. The summed E-state index contributed by atoms with van der Waals surface area (Å²) in [7, 11) is 1.60. The predicted octanol–water partition coefficient (Wildman–Crippen LogP) is 1.98. The van der Waals surface area contributed by atoms with Gasteiger partial charge in [0.05, 0.1) is 19.3 Å². The Bertz CT molecular complexity index is 753. The highest BCUT2D eigenvalue weighted by molar-refractivity contribution is 5.60. The van der Waals surface area contributed by atoms with Crippen molar-refractivity contribution in [2.24, 2.45) is 0 Å². The summed E-state index contributed by atoms with van der Waals surface area (Å²) < 4.78 is 6.85. The van der Waals surface area contributed by atoms with Gasteiger partial charge in [-0.3, -0.25) is 0 Å². The number of rotatable bonds is 4. The van der Waals surface area contributed by atoms with Crippen LogP contribution < -0.4 is 10.5 Å². The summed E-state index contributed by atoms with van der Waals surface area (Å²) in [6.45, 7) is 0.534. The molecule has 0 spiro atoms. The smallest absolute Gasteiger partial charge is 0.213 e. The number of nitrogens with zero attached hydrogens (tertiary/aromatic N) is 4. The van der Waals surface area contributed by atoms with Crippen LogP contribution in [0, 0.1) is 0 Å². The summed E-state index contributed by atoms with van der Waals surface area (Å²) in [6, 6.07) is 13.1. The van der Waals surface area contributed by atoms with Crippen LogP contribution in [0.25, 0.3) is 11.4 Å². The van der Waals surface area contributed by atoms with Crippen LogP contribution in [-0.4, -0.2) is 26.9 Å². The number of pyridine rings is 1. The molecule has 0 saturated carbocycles. The summed E-state index contributed by atoms with van der Waals surface area (Å²) in [5.74, 6) is 1.23. The number of anilines is 1. The lowest BCUT2D eigenvalue weighted by Gasteiger charge is -2.03. The van der Waals surface area contributed by atoms with Crippen LogP contribution >= 0.6 is 0 Å². The molecule has 2 heterocycles. The molecule has 0 amide bonds. The number of benzene rings is 1. The Kier molecular flexibility index (Phi) is 3.51. The summed E-state index contributed by atoms with van der Waals surface area (Å²) in [5, 5.41) is 4.44. The fourth-order valence-electron chi connectivity index (χ4n) is 2.01. The molecular formula is C15H15N5O. The van der Waals surface area contributed by atoms with Crippen LogP contribution in [0.3, 0.4) is 0 Å². The van der Waals surface area contributed by atoms with Crippen molar-refractivity contribution in [3.63, 3.8) is 0 Å². The largest absolute Gasteiger partial charge is 0.481 e. The molecule has 0 fully saturated rings. The highest BCUT2D eigenvalue weighted by atomic mass is 16.5. The van der Waals surface area contributed by atoms with Crippen molar-refractivity contribution < 1.29 is 4.74 Å². The zero-order valence-corrected chi connectivity index (χ0v) is 11.6. The molecule has 2 aromatic heterocycles. The summed E-state index contributed by atoms with van der Waals surface area (Å²) >= 11 is 0. The number of ether oxygens (including phenoxy) is 1. The minimum atomic E-state index is 0.534.